The Bertz CT molecular complexity index is 514. The van der Waals surface area contributed by atoms with Crippen molar-refractivity contribution in [2.45, 2.75) is 31.6 Å². The fraction of sp³-hybridized carbons (Fsp3) is 0.455. The van der Waals surface area contributed by atoms with Crippen molar-refractivity contribution in [1.82, 2.24) is 25.1 Å². The summed E-state index contributed by atoms with van der Waals surface area (Å²) < 4.78 is 0. The Balaban J connectivity index is 1.92. The second-order valence-electron chi connectivity index (χ2n) is 4.32. The molecule has 2 heterocycles. The second kappa shape index (κ2) is 4.12. The minimum absolute atomic E-state index is 0.365. The fourth-order valence-corrected chi connectivity index (χ4v) is 2.28. The van der Waals surface area contributed by atoms with Crippen molar-refractivity contribution in [3.63, 3.8) is 0 Å². The number of nitrogens with two attached hydrogens (primary N) is 1. The van der Waals surface area contributed by atoms with E-state index in [0.717, 1.165) is 5.82 Å². The van der Waals surface area contributed by atoms with Gasteiger partial charge in [-0.1, -0.05) is 12.8 Å². The van der Waals surface area contributed by atoms with Crippen LogP contribution in [-0.2, 0) is 0 Å². The first kappa shape index (κ1) is 10.2. The fourth-order valence-electron chi connectivity index (χ4n) is 2.28. The monoisotopic (exact) mass is 230 g/mol. The van der Waals surface area contributed by atoms with E-state index in [1.165, 1.54) is 25.7 Å². The van der Waals surface area contributed by atoms with E-state index in [-0.39, 0.29) is 0 Å². The van der Waals surface area contributed by atoms with Crippen molar-refractivity contribution in [1.29, 1.82) is 0 Å². The number of aromatic amines is 1. The van der Waals surface area contributed by atoms with E-state index >= 15 is 0 Å². The van der Waals surface area contributed by atoms with Crippen LogP contribution >= 0.6 is 0 Å². The largest absolute Gasteiger partial charge is 0.382 e. The molecule has 2 aromatic rings. The van der Waals surface area contributed by atoms with E-state index < -0.39 is 0 Å². The molecule has 3 rings (SSSR count). The lowest BCUT2D eigenvalue weighted by Gasteiger charge is -2.02. The third-order valence-electron chi connectivity index (χ3n) is 3.18. The Hall–Kier alpha value is -1.98. The Morgan fingerprint density at radius 3 is 2.71 bits per heavy atom. The van der Waals surface area contributed by atoms with Crippen LogP contribution in [0.4, 0.5) is 5.82 Å². The Morgan fingerprint density at radius 2 is 1.94 bits per heavy atom. The lowest BCUT2D eigenvalue weighted by atomic mass is 10.1. The number of aromatic nitrogens is 5. The molecule has 0 saturated heterocycles. The van der Waals surface area contributed by atoms with Gasteiger partial charge in [-0.05, 0) is 12.8 Å². The van der Waals surface area contributed by atoms with Gasteiger partial charge in [-0.15, -0.1) is 0 Å². The standard InChI is InChI=1S/C11H14N6/c12-9-8(13-5-6-14-9)11-15-10(16-17-11)7-3-1-2-4-7/h5-7H,1-4H2,(H2,12,14)(H,15,16,17). The molecule has 0 bridgehead atoms. The molecule has 88 valence electrons. The first-order valence-corrected chi connectivity index (χ1v) is 5.84. The molecule has 1 aliphatic rings. The normalized spacial score (nSPS) is 16.5. The summed E-state index contributed by atoms with van der Waals surface area (Å²) in [7, 11) is 0. The smallest absolute Gasteiger partial charge is 0.203 e. The third kappa shape index (κ3) is 1.86. The van der Waals surface area contributed by atoms with Gasteiger partial charge in [-0.3, -0.25) is 5.10 Å². The van der Waals surface area contributed by atoms with Gasteiger partial charge in [0.25, 0.3) is 0 Å². The first-order valence-electron chi connectivity index (χ1n) is 5.84. The summed E-state index contributed by atoms with van der Waals surface area (Å²) in [5, 5.41) is 7.16. The van der Waals surface area contributed by atoms with E-state index in [2.05, 4.69) is 25.1 Å². The van der Waals surface area contributed by atoms with Crippen LogP contribution in [0.2, 0.25) is 0 Å². The molecule has 0 spiro atoms. The summed E-state index contributed by atoms with van der Waals surface area (Å²) in [6.45, 7) is 0. The lowest BCUT2D eigenvalue weighted by molar-refractivity contribution is 0.672. The lowest BCUT2D eigenvalue weighted by Crippen LogP contribution is -1.98. The maximum absolute atomic E-state index is 5.75. The highest BCUT2D eigenvalue weighted by Gasteiger charge is 2.21. The quantitative estimate of drug-likeness (QED) is 0.815. The van der Waals surface area contributed by atoms with Gasteiger partial charge in [0, 0.05) is 18.3 Å². The first-order chi connectivity index (χ1) is 8.34. The molecule has 0 atom stereocenters. The molecular formula is C11H14N6. The molecule has 2 aromatic heterocycles. The van der Waals surface area contributed by atoms with Gasteiger partial charge < -0.3 is 5.73 Å². The minimum Gasteiger partial charge on any atom is -0.382 e. The number of H-pyrrole nitrogens is 1. The number of nitrogen functional groups attached to an aromatic ring is 1. The van der Waals surface area contributed by atoms with Crippen LogP contribution < -0.4 is 5.73 Å². The predicted molar refractivity (Wildman–Crippen MR) is 63.0 cm³/mol. The third-order valence-corrected chi connectivity index (χ3v) is 3.18. The van der Waals surface area contributed by atoms with Crippen LogP contribution in [0.5, 0.6) is 0 Å². The van der Waals surface area contributed by atoms with E-state index in [1.807, 2.05) is 0 Å². The van der Waals surface area contributed by atoms with Crippen molar-refractivity contribution in [3.05, 3.63) is 18.2 Å². The summed E-state index contributed by atoms with van der Waals surface area (Å²) in [6, 6.07) is 0. The van der Waals surface area contributed by atoms with E-state index in [4.69, 9.17) is 5.73 Å². The van der Waals surface area contributed by atoms with Crippen molar-refractivity contribution in [2.75, 3.05) is 5.73 Å². The van der Waals surface area contributed by atoms with Crippen LogP contribution in [-0.4, -0.2) is 25.1 Å². The van der Waals surface area contributed by atoms with Gasteiger partial charge in [0.05, 0.1) is 0 Å². The maximum atomic E-state index is 5.75. The molecule has 6 nitrogen and oxygen atoms in total. The van der Waals surface area contributed by atoms with Crippen LogP contribution in [0.3, 0.4) is 0 Å². The Labute approximate surface area is 98.7 Å². The molecule has 3 N–H and O–H groups in total. The van der Waals surface area contributed by atoms with E-state index in [0.29, 0.717) is 23.3 Å². The molecule has 17 heavy (non-hydrogen) atoms. The molecular weight excluding hydrogens is 216 g/mol. The van der Waals surface area contributed by atoms with Crippen molar-refractivity contribution in [2.24, 2.45) is 0 Å². The molecule has 1 aliphatic carbocycles. The number of nitrogens with one attached hydrogen (secondary N) is 1. The van der Waals surface area contributed by atoms with Gasteiger partial charge in [0.15, 0.2) is 11.5 Å². The average molecular weight is 230 g/mol. The van der Waals surface area contributed by atoms with Gasteiger partial charge in [0.1, 0.15) is 5.82 Å². The summed E-state index contributed by atoms with van der Waals surface area (Å²) in [5.41, 5.74) is 6.30. The highest BCUT2D eigenvalue weighted by atomic mass is 15.2. The molecule has 0 radical (unpaired) electrons. The molecule has 0 aliphatic heterocycles. The van der Waals surface area contributed by atoms with Crippen LogP contribution in [0.25, 0.3) is 11.5 Å². The van der Waals surface area contributed by atoms with E-state index in [1.54, 1.807) is 12.4 Å². The maximum Gasteiger partial charge on any atom is 0.203 e. The van der Waals surface area contributed by atoms with E-state index in [9.17, 15) is 0 Å². The average Bonchev–Trinajstić information content (AvgIpc) is 3.00. The zero-order valence-electron chi connectivity index (χ0n) is 9.43. The Kier molecular flexibility index (Phi) is 2.47. The minimum atomic E-state index is 0.365. The summed E-state index contributed by atoms with van der Waals surface area (Å²) >= 11 is 0. The molecule has 1 fully saturated rings. The number of hydrogen-bond donors (Lipinski definition) is 2. The SMILES string of the molecule is Nc1nccnc1-c1n[nH]c(C2CCCC2)n1. The second-order valence-corrected chi connectivity index (χ2v) is 4.32. The molecule has 0 unspecified atom stereocenters. The molecule has 0 amide bonds. The number of nitrogens with zero attached hydrogens (tertiary/aromatic N) is 4. The molecule has 1 saturated carbocycles. The number of rotatable bonds is 2. The number of anilines is 1. The highest BCUT2D eigenvalue weighted by Crippen LogP contribution is 2.32. The van der Waals surface area contributed by atoms with Gasteiger partial charge in [-0.25, -0.2) is 15.0 Å². The summed E-state index contributed by atoms with van der Waals surface area (Å²) in [6.07, 6.45) is 8.07. The zero-order valence-corrected chi connectivity index (χ0v) is 9.43. The van der Waals surface area contributed by atoms with Crippen LogP contribution in [0.15, 0.2) is 12.4 Å². The Morgan fingerprint density at radius 1 is 1.18 bits per heavy atom. The predicted octanol–water partition coefficient (Wildman–Crippen LogP) is 1.50. The van der Waals surface area contributed by atoms with Gasteiger partial charge in [0.2, 0.25) is 5.82 Å². The summed E-state index contributed by atoms with van der Waals surface area (Å²) in [5.74, 6) is 2.36. The molecule has 6 heteroatoms. The molecule has 0 aromatic carbocycles. The van der Waals surface area contributed by atoms with Gasteiger partial charge in [-0.2, -0.15) is 5.10 Å². The highest BCUT2D eigenvalue weighted by molar-refractivity contribution is 5.62. The van der Waals surface area contributed by atoms with Crippen LogP contribution in [0.1, 0.15) is 37.4 Å². The van der Waals surface area contributed by atoms with Crippen molar-refractivity contribution < 1.29 is 0 Å². The van der Waals surface area contributed by atoms with Gasteiger partial charge >= 0.3 is 0 Å². The van der Waals surface area contributed by atoms with Crippen molar-refractivity contribution >= 4 is 5.82 Å². The topological polar surface area (TPSA) is 93.4 Å². The van der Waals surface area contributed by atoms with Crippen molar-refractivity contribution in [3.8, 4) is 11.5 Å². The summed E-state index contributed by atoms with van der Waals surface area (Å²) in [4.78, 5) is 12.6. The van der Waals surface area contributed by atoms with Crippen LogP contribution in [0, 0.1) is 0 Å². The number of hydrogen-bond acceptors (Lipinski definition) is 5. The zero-order chi connectivity index (χ0) is 11.7.